The van der Waals surface area contributed by atoms with Crippen molar-refractivity contribution in [2.75, 3.05) is 13.2 Å². The van der Waals surface area contributed by atoms with Gasteiger partial charge in [-0.25, -0.2) is 0 Å². The van der Waals surface area contributed by atoms with E-state index in [1.54, 1.807) is 0 Å². The predicted molar refractivity (Wildman–Crippen MR) is 343 cm³/mol. The van der Waals surface area contributed by atoms with E-state index in [9.17, 15) is 14.4 Å². The van der Waals surface area contributed by atoms with Crippen molar-refractivity contribution >= 4 is 17.9 Å². The van der Waals surface area contributed by atoms with E-state index < -0.39 is 6.10 Å². The Morgan fingerprint density at radius 3 is 0.772 bits per heavy atom. The van der Waals surface area contributed by atoms with E-state index in [-0.39, 0.29) is 31.1 Å². The summed E-state index contributed by atoms with van der Waals surface area (Å²) in [6, 6.07) is 0. The highest BCUT2D eigenvalue weighted by Gasteiger charge is 2.19. The van der Waals surface area contributed by atoms with Crippen LogP contribution in [0.5, 0.6) is 0 Å². The molecule has 6 heteroatoms. The summed E-state index contributed by atoms with van der Waals surface area (Å²) < 4.78 is 17.0. The third-order valence-corrected chi connectivity index (χ3v) is 14.3. The third kappa shape index (κ3) is 64.8. The molecule has 0 radical (unpaired) electrons. The lowest BCUT2D eigenvalue weighted by atomic mass is 10.0. The minimum atomic E-state index is -0.790. The van der Waals surface area contributed by atoms with Crippen molar-refractivity contribution < 1.29 is 28.6 Å². The molecule has 0 aliphatic heterocycles. The summed E-state index contributed by atoms with van der Waals surface area (Å²) in [4.78, 5) is 38.4. The molecule has 0 saturated carbocycles. The summed E-state index contributed by atoms with van der Waals surface area (Å²) in [7, 11) is 0. The van der Waals surface area contributed by atoms with Crippen molar-refractivity contribution in [3.05, 3.63) is 109 Å². The summed E-state index contributed by atoms with van der Waals surface area (Å²) in [6.45, 7) is 6.44. The van der Waals surface area contributed by atoms with Gasteiger partial charge in [0.2, 0.25) is 0 Å². The van der Waals surface area contributed by atoms with Crippen LogP contribution in [0.2, 0.25) is 0 Å². The van der Waals surface area contributed by atoms with Gasteiger partial charge >= 0.3 is 17.9 Å². The fraction of sp³-hybridized carbons (Fsp3) is 0.712. The zero-order chi connectivity index (χ0) is 57.1. The minimum Gasteiger partial charge on any atom is -0.462 e. The molecular weight excluding hydrogens is 973 g/mol. The van der Waals surface area contributed by atoms with E-state index in [1.165, 1.54) is 148 Å². The smallest absolute Gasteiger partial charge is 0.306 e. The molecule has 0 saturated heterocycles. The third-order valence-electron chi connectivity index (χ3n) is 14.3. The van der Waals surface area contributed by atoms with Crippen LogP contribution in [-0.4, -0.2) is 37.2 Å². The molecule has 0 bridgehead atoms. The maximum absolute atomic E-state index is 12.9. The monoisotopic (exact) mass is 1100 g/mol. The minimum absolute atomic E-state index is 0.0832. The van der Waals surface area contributed by atoms with Gasteiger partial charge in [0.15, 0.2) is 6.10 Å². The Balaban J connectivity index is 4.41. The van der Waals surface area contributed by atoms with Gasteiger partial charge in [-0.2, -0.15) is 0 Å². The fourth-order valence-corrected chi connectivity index (χ4v) is 9.35. The van der Waals surface area contributed by atoms with Crippen LogP contribution in [0.25, 0.3) is 0 Å². The number of carbonyl (C=O) groups excluding carboxylic acids is 3. The van der Waals surface area contributed by atoms with Crippen molar-refractivity contribution in [3.8, 4) is 0 Å². The number of unbranched alkanes of at least 4 members (excludes halogenated alkanes) is 31. The Kier molecular flexibility index (Phi) is 63.3. The summed E-state index contributed by atoms with van der Waals surface area (Å²) in [6.07, 6.45) is 90.9. The van der Waals surface area contributed by atoms with Gasteiger partial charge in [0.05, 0.1) is 0 Å². The molecule has 1 unspecified atom stereocenters. The molecule has 0 spiro atoms. The fourth-order valence-electron chi connectivity index (χ4n) is 9.35. The summed E-state index contributed by atoms with van der Waals surface area (Å²) >= 11 is 0. The molecule has 6 nitrogen and oxygen atoms in total. The Bertz CT molecular complexity index is 1590. The maximum Gasteiger partial charge on any atom is 0.306 e. The molecule has 0 aromatic carbocycles. The second kappa shape index (κ2) is 66.6. The molecule has 0 aromatic rings. The first-order chi connectivity index (χ1) is 39.0. The van der Waals surface area contributed by atoms with Gasteiger partial charge in [0, 0.05) is 19.3 Å². The number of allylic oxidation sites excluding steroid dienone is 18. The van der Waals surface area contributed by atoms with E-state index in [4.69, 9.17) is 14.2 Å². The van der Waals surface area contributed by atoms with E-state index in [0.717, 1.165) is 128 Å². The number of hydrogen-bond acceptors (Lipinski definition) is 6. The zero-order valence-electron chi connectivity index (χ0n) is 51.9. The van der Waals surface area contributed by atoms with Gasteiger partial charge in [-0.05, 0) is 103 Å². The highest BCUT2D eigenvalue weighted by molar-refractivity contribution is 5.71. The first-order valence-electron chi connectivity index (χ1n) is 33.4. The first kappa shape index (κ1) is 75.1. The van der Waals surface area contributed by atoms with Crippen LogP contribution in [0.15, 0.2) is 109 Å². The van der Waals surface area contributed by atoms with Gasteiger partial charge in [0.25, 0.3) is 0 Å². The summed E-state index contributed by atoms with van der Waals surface area (Å²) in [5.41, 5.74) is 0. The van der Waals surface area contributed by atoms with Crippen molar-refractivity contribution in [2.24, 2.45) is 0 Å². The van der Waals surface area contributed by atoms with Crippen LogP contribution in [-0.2, 0) is 28.6 Å². The van der Waals surface area contributed by atoms with Crippen molar-refractivity contribution in [1.29, 1.82) is 0 Å². The van der Waals surface area contributed by atoms with Crippen LogP contribution in [0.4, 0.5) is 0 Å². The lowest BCUT2D eigenvalue weighted by molar-refractivity contribution is -0.167. The Morgan fingerprint density at radius 1 is 0.266 bits per heavy atom. The van der Waals surface area contributed by atoms with E-state index in [2.05, 4.69) is 130 Å². The lowest BCUT2D eigenvalue weighted by Crippen LogP contribution is -2.30. The first-order valence-corrected chi connectivity index (χ1v) is 33.4. The van der Waals surface area contributed by atoms with Crippen LogP contribution in [0.3, 0.4) is 0 Å². The van der Waals surface area contributed by atoms with Crippen LogP contribution in [0, 0.1) is 0 Å². The Morgan fingerprint density at radius 2 is 0.494 bits per heavy atom. The second-order valence-electron chi connectivity index (χ2n) is 22.0. The van der Waals surface area contributed by atoms with Gasteiger partial charge in [-0.15, -0.1) is 0 Å². The molecule has 0 aliphatic carbocycles. The molecule has 0 heterocycles. The molecular formula is C73H124O6. The van der Waals surface area contributed by atoms with Crippen LogP contribution in [0.1, 0.15) is 316 Å². The molecule has 0 N–H and O–H groups in total. The van der Waals surface area contributed by atoms with Crippen molar-refractivity contribution in [1.82, 2.24) is 0 Å². The van der Waals surface area contributed by atoms with Crippen LogP contribution < -0.4 is 0 Å². The normalized spacial score (nSPS) is 12.8. The number of ether oxygens (including phenoxy) is 3. The predicted octanol–water partition coefficient (Wildman–Crippen LogP) is 23.0. The highest BCUT2D eigenvalue weighted by Crippen LogP contribution is 2.17. The number of esters is 3. The second-order valence-corrected chi connectivity index (χ2v) is 22.0. The molecule has 0 amide bonds. The highest BCUT2D eigenvalue weighted by atomic mass is 16.6. The quantitative estimate of drug-likeness (QED) is 0.0261. The lowest BCUT2D eigenvalue weighted by Gasteiger charge is -2.18. The standard InChI is InChI=1S/C73H124O6/c1-4-7-10-13-16-19-22-25-28-31-33-35-36-38-39-42-45-48-51-54-57-60-63-66-72(75)78-69-70(68-77-71(74)65-62-59-56-53-50-47-44-41-30-27-24-21-18-15-12-9-6-3)79-73(76)67-64-61-58-55-52-49-46-43-40-37-34-32-29-26-23-20-17-14-11-8-5-2/h7-8,10-11,16-17,19-20,25-26,28-29,33-35,37-39,70H,4-6,9,12-15,18,21-24,27,30-32,36,40-69H2,1-3H3/b10-7-,11-8-,19-16-,20-17-,28-25-,29-26-,35-33-,37-34-,39-38-. The van der Waals surface area contributed by atoms with E-state index in [0.29, 0.717) is 19.3 Å². The number of hydrogen-bond donors (Lipinski definition) is 0. The average Bonchev–Trinajstić information content (AvgIpc) is 3.45. The molecule has 0 aromatic heterocycles. The van der Waals surface area contributed by atoms with Gasteiger partial charge in [0.1, 0.15) is 13.2 Å². The van der Waals surface area contributed by atoms with Crippen molar-refractivity contribution in [3.63, 3.8) is 0 Å². The zero-order valence-corrected chi connectivity index (χ0v) is 51.9. The molecule has 1 atom stereocenters. The van der Waals surface area contributed by atoms with Gasteiger partial charge < -0.3 is 14.2 Å². The topological polar surface area (TPSA) is 78.9 Å². The Labute approximate surface area is 489 Å². The molecule has 0 rings (SSSR count). The number of rotatable bonds is 60. The maximum atomic E-state index is 12.9. The summed E-state index contributed by atoms with van der Waals surface area (Å²) in [5.74, 6) is -0.890. The van der Waals surface area contributed by atoms with Crippen LogP contribution >= 0.6 is 0 Å². The molecule has 0 aliphatic rings. The average molecular weight is 1100 g/mol. The van der Waals surface area contributed by atoms with E-state index in [1.807, 2.05) is 0 Å². The van der Waals surface area contributed by atoms with Gasteiger partial charge in [-0.3, -0.25) is 14.4 Å². The van der Waals surface area contributed by atoms with Gasteiger partial charge in [-0.1, -0.05) is 304 Å². The number of carbonyl (C=O) groups is 3. The van der Waals surface area contributed by atoms with E-state index >= 15 is 0 Å². The molecule has 79 heavy (non-hydrogen) atoms. The summed E-state index contributed by atoms with van der Waals surface area (Å²) in [5, 5.41) is 0. The molecule has 0 fully saturated rings. The Hall–Kier alpha value is -3.93. The molecule has 452 valence electrons. The van der Waals surface area contributed by atoms with Crippen molar-refractivity contribution in [2.45, 2.75) is 322 Å². The largest absolute Gasteiger partial charge is 0.462 e. The SMILES string of the molecule is CC/C=C\C/C=C\C/C=C\C/C=C\C/C=C\CCCCCCCCCC(=O)OCC(COC(=O)CCCCCCCCCCCCCCCCCCC)OC(=O)CCCCCCCCCC/C=C\C/C=C\C/C=C\C/C=C\CC.